The van der Waals surface area contributed by atoms with Gasteiger partial charge in [0.15, 0.2) is 0 Å². The van der Waals surface area contributed by atoms with Crippen molar-refractivity contribution >= 4 is 17.7 Å². The van der Waals surface area contributed by atoms with Crippen LogP contribution in [0.3, 0.4) is 0 Å². The van der Waals surface area contributed by atoms with E-state index in [4.69, 9.17) is 9.47 Å². The molecular weight excluding hydrogens is 374 g/mol. The number of rotatable bonds is 7. The van der Waals surface area contributed by atoms with Gasteiger partial charge in [0.05, 0.1) is 26.2 Å². The summed E-state index contributed by atoms with van der Waals surface area (Å²) in [6, 6.07) is 14.4. The molecule has 150 valence electrons. The van der Waals surface area contributed by atoms with E-state index in [1.807, 2.05) is 18.2 Å². The van der Waals surface area contributed by atoms with Gasteiger partial charge in [-0.1, -0.05) is 12.1 Å². The summed E-state index contributed by atoms with van der Waals surface area (Å²) in [4.78, 5) is 14.9. The standard InChI is InChI=1S/C22H27NO4S/c1-26-17-6-9-20(27-2)19(14-17)21(15-4-7-18(28-3)8-5-15)23-12-10-16(11-13-23)22(24)25/h4-9,14,16,21H,10-13H2,1-3H3,(H,24,25). The number of carboxylic acid groups (broad SMARTS) is 1. The summed E-state index contributed by atoms with van der Waals surface area (Å²) in [5.41, 5.74) is 2.20. The molecule has 0 bridgehead atoms. The third kappa shape index (κ3) is 4.45. The molecule has 1 atom stereocenters. The number of methoxy groups -OCH3 is 2. The van der Waals surface area contributed by atoms with Crippen molar-refractivity contribution in [2.75, 3.05) is 33.6 Å². The monoisotopic (exact) mass is 401 g/mol. The molecule has 1 heterocycles. The van der Waals surface area contributed by atoms with E-state index in [0.29, 0.717) is 12.8 Å². The van der Waals surface area contributed by atoms with E-state index in [1.54, 1.807) is 26.0 Å². The summed E-state index contributed by atoms with van der Waals surface area (Å²) >= 11 is 1.71. The Morgan fingerprint density at radius 1 is 1.11 bits per heavy atom. The molecule has 1 saturated heterocycles. The minimum absolute atomic E-state index is 0.0179. The van der Waals surface area contributed by atoms with Gasteiger partial charge in [0.25, 0.3) is 0 Å². The first-order valence-electron chi connectivity index (χ1n) is 9.40. The van der Waals surface area contributed by atoms with Crippen molar-refractivity contribution in [3.63, 3.8) is 0 Å². The van der Waals surface area contributed by atoms with E-state index in [2.05, 4.69) is 35.4 Å². The van der Waals surface area contributed by atoms with E-state index >= 15 is 0 Å². The number of piperidine rings is 1. The Kier molecular flexibility index (Phi) is 6.86. The van der Waals surface area contributed by atoms with Crippen LogP contribution in [0.1, 0.15) is 30.0 Å². The quantitative estimate of drug-likeness (QED) is 0.698. The van der Waals surface area contributed by atoms with Crippen LogP contribution in [0.15, 0.2) is 47.4 Å². The van der Waals surface area contributed by atoms with Crippen molar-refractivity contribution in [2.24, 2.45) is 5.92 Å². The van der Waals surface area contributed by atoms with E-state index < -0.39 is 5.97 Å². The Labute approximate surface area is 170 Å². The Balaban J connectivity index is 2.01. The number of carboxylic acids is 1. The zero-order valence-electron chi connectivity index (χ0n) is 16.6. The molecule has 0 amide bonds. The SMILES string of the molecule is COc1ccc(OC)c(C(c2ccc(SC)cc2)N2CCC(C(=O)O)CC2)c1. The van der Waals surface area contributed by atoms with Crippen LogP contribution >= 0.6 is 11.8 Å². The number of aliphatic carboxylic acids is 1. The number of benzene rings is 2. The topological polar surface area (TPSA) is 59.0 Å². The molecule has 0 radical (unpaired) electrons. The lowest BCUT2D eigenvalue weighted by Crippen LogP contribution is -2.39. The Morgan fingerprint density at radius 2 is 1.79 bits per heavy atom. The summed E-state index contributed by atoms with van der Waals surface area (Å²) < 4.78 is 11.1. The average Bonchev–Trinajstić information content (AvgIpc) is 2.74. The van der Waals surface area contributed by atoms with Crippen molar-refractivity contribution in [3.8, 4) is 11.5 Å². The molecule has 1 aliphatic rings. The van der Waals surface area contributed by atoms with Crippen LogP contribution in [0, 0.1) is 5.92 Å². The minimum atomic E-state index is -0.695. The molecule has 1 unspecified atom stereocenters. The van der Waals surface area contributed by atoms with Gasteiger partial charge in [-0.15, -0.1) is 11.8 Å². The second kappa shape index (κ2) is 9.34. The highest BCUT2D eigenvalue weighted by atomic mass is 32.2. The molecule has 1 fully saturated rings. The van der Waals surface area contributed by atoms with Crippen LogP contribution in [0.25, 0.3) is 0 Å². The van der Waals surface area contributed by atoms with Crippen molar-refractivity contribution in [1.82, 2.24) is 4.90 Å². The normalized spacial score (nSPS) is 16.5. The molecular formula is C22H27NO4S. The Hall–Kier alpha value is -2.18. The Bertz CT molecular complexity index is 801. The third-order valence-electron chi connectivity index (χ3n) is 5.41. The molecule has 0 aliphatic carbocycles. The number of ether oxygens (including phenoxy) is 2. The molecule has 28 heavy (non-hydrogen) atoms. The van der Waals surface area contributed by atoms with Crippen LogP contribution < -0.4 is 9.47 Å². The van der Waals surface area contributed by atoms with Crippen LogP contribution in [0.2, 0.25) is 0 Å². The third-order valence-corrected chi connectivity index (χ3v) is 6.15. The first kappa shape index (κ1) is 20.6. The highest BCUT2D eigenvalue weighted by molar-refractivity contribution is 7.98. The van der Waals surface area contributed by atoms with E-state index in [0.717, 1.165) is 35.7 Å². The lowest BCUT2D eigenvalue weighted by atomic mass is 9.91. The molecule has 2 aromatic rings. The van der Waals surface area contributed by atoms with Gasteiger partial charge in [-0.3, -0.25) is 9.69 Å². The molecule has 3 rings (SSSR count). The fourth-order valence-corrected chi connectivity index (χ4v) is 4.24. The number of hydrogen-bond acceptors (Lipinski definition) is 5. The highest BCUT2D eigenvalue weighted by Crippen LogP contribution is 2.39. The largest absolute Gasteiger partial charge is 0.497 e. The molecule has 2 aromatic carbocycles. The number of hydrogen-bond donors (Lipinski definition) is 1. The van der Waals surface area contributed by atoms with Crippen LogP contribution in [-0.4, -0.2) is 49.5 Å². The van der Waals surface area contributed by atoms with Crippen molar-refractivity contribution in [2.45, 2.75) is 23.8 Å². The number of carbonyl (C=O) groups is 1. The number of nitrogens with zero attached hydrogens (tertiary/aromatic N) is 1. The maximum Gasteiger partial charge on any atom is 0.306 e. The first-order valence-corrected chi connectivity index (χ1v) is 10.6. The van der Waals surface area contributed by atoms with Gasteiger partial charge in [-0.2, -0.15) is 0 Å². The fourth-order valence-electron chi connectivity index (χ4n) is 3.83. The molecule has 0 aromatic heterocycles. The molecule has 1 N–H and O–H groups in total. The summed E-state index contributed by atoms with van der Waals surface area (Å²) in [6.07, 6.45) is 3.37. The fraction of sp³-hybridized carbons (Fsp3) is 0.409. The van der Waals surface area contributed by atoms with Gasteiger partial charge in [0.1, 0.15) is 11.5 Å². The molecule has 0 saturated carbocycles. The maximum atomic E-state index is 11.4. The van der Waals surface area contributed by atoms with Gasteiger partial charge in [-0.25, -0.2) is 0 Å². The highest BCUT2D eigenvalue weighted by Gasteiger charge is 2.31. The zero-order chi connectivity index (χ0) is 20.1. The predicted molar refractivity (Wildman–Crippen MR) is 112 cm³/mol. The van der Waals surface area contributed by atoms with Gasteiger partial charge in [0, 0.05) is 10.5 Å². The predicted octanol–water partition coefficient (Wildman–Crippen LogP) is 4.31. The minimum Gasteiger partial charge on any atom is -0.497 e. The number of likely N-dealkylation sites (tertiary alicyclic amines) is 1. The first-order chi connectivity index (χ1) is 13.6. The second-order valence-corrected chi connectivity index (χ2v) is 7.81. The van der Waals surface area contributed by atoms with Crippen LogP contribution in [0.4, 0.5) is 0 Å². The Morgan fingerprint density at radius 3 is 2.32 bits per heavy atom. The lowest BCUT2D eigenvalue weighted by molar-refractivity contribution is -0.143. The van der Waals surface area contributed by atoms with Crippen molar-refractivity contribution < 1.29 is 19.4 Å². The average molecular weight is 402 g/mol. The van der Waals surface area contributed by atoms with E-state index in [1.165, 1.54) is 4.90 Å². The molecule has 5 nitrogen and oxygen atoms in total. The van der Waals surface area contributed by atoms with Gasteiger partial charge >= 0.3 is 5.97 Å². The molecule has 0 spiro atoms. The van der Waals surface area contributed by atoms with Crippen molar-refractivity contribution in [3.05, 3.63) is 53.6 Å². The van der Waals surface area contributed by atoms with Crippen molar-refractivity contribution in [1.29, 1.82) is 0 Å². The van der Waals surface area contributed by atoms with Gasteiger partial charge in [-0.05, 0) is 68.1 Å². The lowest BCUT2D eigenvalue weighted by Gasteiger charge is -2.37. The van der Waals surface area contributed by atoms with Crippen LogP contribution in [0.5, 0.6) is 11.5 Å². The van der Waals surface area contributed by atoms with E-state index in [9.17, 15) is 9.90 Å². The second-order valence-electron chi connectivity index (χ2n) is 6.93. The summed E-state index contributed by atoms with van der Waals surface area (Å²) in [5, 5.41) is 9.35. The molecule has 1 aliphatic heterocycles. The smallest absolute Gasteiger partial charge is 0.306 e. The van der Waals surface area contributed by atoms with E-state index in [-0.39, 0.29) is 12.0 Å². The maximum absolute atomic E-state index is 11.4. The van der Waals surface area contributed by atoms with Gasteiger partial charge < -0.3 is 14.6 Å². The van der Waals surface area contributed by atoms with Crippen LogP contribution in [-0.2, 0) is 4.79 Å². The number of thioether (sulfide) groups is 1. The summed E-state index contributed by atoms with van der Waals surface area (Å²) in [5.74, 6) is 0.629. The summed E-state index contributed by atoms with van der Waals surface area (Å²) in [7, 11) is 3.34. The summed E-state index contributed by atoms with van der Waals surface area (Å²) in [6.45, 7) is 1.46. The van der Waals surface area contributed by atoms with Gasteiger partial charge in [0.2, 0.25) is 0 Å². The zero-order valence-corrected chi connectivity index (χ0v) is 17.4. The molecule has 6 heteroatoms.